The van der Waals surface area contributed by atoms with E-state index in [2.05, 4.69) is 30.2 Å². The van der Waals surface area contributed by atoms with E-state index < -0.39 is 0 Å². The van der Waals surface area contributed by atoms with Gasteiger partial charge in [0.15, 0.2) is 0 Å². The molecule has 178 valence electrons. The Hall–Kier alpha value is -3.48. The minimum Gasteiger partial charge on any atom is -0.497 e. The first-order chi connectivity index (χ1) is 16.6. The molecule has 0 radical (unpaired) electrons. The number of nitrogens with one attached hydrogen (secondary N) is 1. The van der Waals surface area contributed by atoms with Crippen molar-refractivity contribution >= 4 is 27.8 Å². The Morgan fingerprint density at radius 2 is 1.76 bits per heavy atom. The number of hydrogen-bond donors (Lipinski definition) is 1. The molecule has 1 N–H and O–H groups in total. The third-order valence-electron chi connectivity index (χ3n) is 7.13. The molecule has 3 heterocycles. The first-order valence-corrected chi connectivity index (χ1v) is 12.2. The number of aryl methyl sites for hydroxylation is 2. The monoisotopic (exact) mass is 460 g/mol. The zero-order chi connectivity index (χ0) is 23.7. The van der Waals surface area contributed by atoms with Crippen molar-refractivity contribution in [2.45, 2.75) is 51.6 Å². The van der Waals surface area contributed by atoms with Gasteiger partial charge in [-0.15, -0.1) is 0 Å². The topological polar surface area (TPSA) is 72.3 Å². The largest absolute Gasteiger partial charge is 0.497 e. The van der Waals surface area contributed by atoms with Gasteiger partial charge in [0.05, 0.1) is 18.1 Å². The number of nitrogens with zero attached hydrogens (tertiary/aromatic N) is 3. The highest BCUT2D eigenvalue weighted by molar-refractivity contribution is 5.85. The van der Waals surface area contributed by atoms with Crippen LogP contribution in [0.15, 0.2) is 53.5 Å². The van der Waals surface area contributed by atoms with Crippen molar-refractivity contribution in [2.75, 3.05) is 20.2 Å². The highest BCUT2D eigenvalue weighted by atomic mass is 16.5. The van der Waals surface area contributed by atoms with Crippen LogP contribution in [-0.4, -0.2) is 45.1 Å². The third-order valence-corrected chi connectivity index (χ3v) is 7.13. The smallest absolute Gasteiger partial charge is 0.329 e. The zero-order valence-electron chi connectivity index (χ0n) is 19.9. The Balaban J connectivity index is 1.24. The van der Waals surface area contributed by atoms with E-state index in [1.807, 2.05) is 39.8 Å². The molecule has 1 saturated heterocycles. The molecule has 0 aliphatic carbocycles. The Kier molecular flexibility index (Phi) is 6.18. The number of para-hydroxylation sites is 2. The van der Waals surface area contributed by atoms with Crippen molar-refractivity contribution in [3.05, 3.63) is 64.7 Å². The average molecular weight is 461 g/mol. The number of aromatic nitrogens is 3. The average Bonchev–Trinajstić information content (AvgIpc) is 3.41. The van der Waals surface area contributed by atoms with E-state index in [9.17, 15) is 9.59 Å². The standard InChI is InChI=1S/C27H32N4O3/c1-3-13-30-24-6-4-5-7-25(24)31(27(30)33)16-12-26(32)29-14-10-19(11-15-29)22-18-28-23-9-8-20(34-2)17-21(22)23/h4-9,17-19,28H,3,10-16H2,1-2H3. The fourth-order valence-corrected chi connectivity index (χ4v) is 5.32. The summed E-state index contributed by atoms with van der Waals surface area (Å²) in [4.78, 5) is 31.3. The Labute approximate surface area is 198 Å². The summed E-state index contributed by atoms with van der Waals surface area (Å²) < 4.78 is 8.98. The quantitative estimate of drug-likeness (QED) is 0.441. The molecule has 7 nitrogen and oxygen atoms in total. The van der Waals surface area contributed by atoms with Crippen LogP contribution in [0.3, 0.4) is 0 Å². The molecule has 0 bridgehead atoms. The van der Waals surface area contributed by atoms with Gasteiger partial charge in [-0.1, -0.05) is 19.1 Å². The van der Waals surface area contributed by atoms with E-state index in [4.69, 9.17) is 4.74 Å². The normalized spacial score (nSPS) is 14.8. The Morgan fingerprint density at radius 1 is 1.06 bits per heavy atom. The van der Waals surface area contributed by atoms with E-state index in [-0.39, 0.29) is 11.6 Å². The number of H-pyrrole nitrogens is 1. The number of amides is 1. The van der Waals surface area contributed by atoms with Crippen LogP contribution in [0, 0.1) is 0 Å². The molecule has 1 aliphatic rings. The molecule has 4 aromatic rings. The predicted molar refractivity (Wildman–Crippen MR) is 135 cm³/mol. The van der Waals surface area contributed by atoms with Gasteiger partial charge in [-0.3, -0.25) is 13.9 Å². The molecule has 5 rings (SSSR count). The molecule has 34 heavy (non-hydrogen) atoms. The van der Waals surface area contributed by atoms with E-state index in [1.54, 1.807) is 11.7 Å². The lowest BCUT2D eigenvalue weighted by Crippen LogP contribution is -2.38. The number of piperidine rings is 1. The van der Waals surface area contributed by atoms with Crippen LogP contribution in [0.25, 0.3) is 21.9 Å². The maximum Gasteiger partial charge on any atom is 0.329 e. The van der Waals surface area contributed by atoms with Gasteiger partial charge in [-0.05, 0) is 61.1 Å². The molecule has 0 atom stereocenters. The summed E-state index contributed by atoms with van der Waals surface area (Å²) >= 11 is 0. The molecule has 1 aliphatic heterocycles. The molecule has 1 amide bonds. The molecular formula is C27H32N4O3. The highest BCUT2D eigenvalue weighted by Gasteiger charge is 2.26. The van der Waals surface area contributed by atoms with Crippen molar-refractivity contribution in [3.63, 3.8) is 0 Å². The Bertz CT molecular complexity index is 1370. The van der Waals surface area contributed by atoms with Gasteiger partial charge < -0.3 is 14.6 Å². The number of ether oxygens (including phenoxy) is 1. The second-order valence-electron chi connectivity index (χ2n) is 9.14. The summed E-state index contributed by atoms with van der Waals surface area (Å²) in [5.74, 6) is 1.40. The predicted octanol–water partition coefficient (Wildman–Crippen LogP) is 4.50. The maximum absolute atomic E-state index is 13.0. The summed E-state index contributed by atoms with van der Waals surface area (Å²) in [5, 5.41) is 1.20. The number of aromatic amines is 1. The maximum atomic E-state index is 13.0. The zero-order valence-corrected chi connectivity index (χ0v) is 19.9. The van der Waals surface area contributed by atoms with Crippen molar-refractivity contribution in [1.82, 2.24) is 19.0 Å². The van der Waals surface area contributed by atoms with Gasteiger partial charge in [0.2, 0.25) is 5.91 Å². The van der Waals surface area contributed by atoms with E-state index in [1.165, 1.54) is 10.9 Å². The lowest BCUT2D eigenvalue weighted by molar-refractivity contribution is -0.132. The number of hydrogen-bond acceptors (Lipinski definition) is 3. The molecule has 0 spiro atoms. The second-order valence-corrected chi connectivity index (χ2v) is 9.14. The van der Waals surface area contributed by atoms with Crippen LogP contribution < -0.4 is 10.4 Å². The molecule has 1 fully saturated rings. The van der Waals surface area contributed by atoms with Crippen LogP contribution in [-0.2, 0) is 17.9 Å². The van der Waals surface area contributed by atoms with Gasteiger partial charge in [0.25, 0.3) is 0 Å². The van der Waals surface area contributed by atoms with Crippen molar-refractivity contribution < 1.29 is 9.53 Å². The van der Waals surface area contributed by atoms with Crippen LogP contribution >= 0.6 is 0 Å². The molecule has 2 aromatic heterocycles. The van der Waals surface area contributed by atoms with Crippen molar-refractivity contribution in [1.29, 1.82) is 0 Å². The summed E-state index contributed by atoms with van der Waals surface area (Å²) in [6.45, 7) is 4.66. The van der Waals surface area contributed by atoms with E-state index >= 15 is 0 Å². The number of likely N-dealkylation sites (tertiary alicyclic amines) is 1. The number of fused-ring (bicyclic) bond motifs is 2. The fourth-order valence-electron chi connectivity index (χ4n) is 5.32. The number of benzene rings is 2. The van der Waals surface area contributed by atoms with Gasteiger partial charge in [-0.2, -0.15) is 0 Å². The summed E-state index contributed by atoms with van der Waals surface area (Å²) in [6, 6.07) is 14.0. The van der Waals surface area contributed by atoms with Crippen LogP contribution in [0.5, 0.6) is 5.75 Å². The van der Waals surface area contributed by atoms with Crippen molar-refractivity contribution in [2.24, 2.45) is 0 Å². The molecule has 2 aromatic carbocycles. The number of imidazole rings is 1. The number of rotatable bonds is 7. The van der Waals surface area contributed by atoms with Crippen LogP contribution in [0.4, 0.5) is 0 Å². The second kappa shape index (κ2) is 9.41. The Morgan fingerprint density at radius 3 is 2.44 bits per heavy atom. The molecule has 0 saturated carbocycles. The molecular weight excluding hydrogens is 428 g/mol. The minimum absolute atomic E-state index is 0.0238. The molecule has 0 unspecified atom stereocenters. The first kappa shape index (κ1) is 22.3. The highest BCUT2D eigenvalue weighted by Crippen LogP contribution is 2.34. The number of carbonyl (C=O) groups is 1. The van der Waals surface area contributed by atoms with E-state index in [0.717, 1.165) is 54.7 Å². The van der Waals surface area contributed by atoms with Gasteiger partial charge in [-0.25, -0.2) is 4.79 Å². The van der Waals surface area contributed by atoms with Gasteiger partial charge in [0.1, 0.15) is 5.75 Å². The van der Waals surface area contributed by atoms with Crippen molar-refractivity contribution in [3.8, 4) is 5.75 Å². The summed E-state index contributed by atoms with van der Waals surface area (Å²) in [7, 11) is 1.69. The number of methoxy groups -OCH3 is 1. The van der Waals surface area contributed by atoms with Crippen LogP contribution in [0.1, 0.15) is 44.1 Å². The first-order valence-electron chi connectivity index (χ1n) is 12.2. The molecule has 7 heteroatoms. The SMILES string of the molecule is CCCn1c(=O)n(CCC(=O)N2CCC(c3c[nH]c4ccc(OC)cc34)CC2)c2ccccc21. The number of carbonyl (C=O) groups excluding carboxylic acids is 1. The van der Waals surface area contributed by atoms with E-state index in [0.29, 0.717) is 25.4 Å². The summed E-state index contributed by atoms with van der Waals surface area (Å²) in [5.41, 5.74) is 4.24. The fraction of sp³-hybridized carbons (Fsp3) is 0.407. The minimum atomic E-state index is -0.0238. The van der Waals surface area contributed by atoms with Crippen LogP contribution in [0.2, 0.25) is 0 Å². The summed E-state index contributed by atoms with van der Waals surface area (Å²) in [6.07, 6.45) is 5.21. The van der Waals surface area contributed by atoms with Gasteiger partial charge in [0, 0.05) is 49.7 Å². The third kappa shape index (κ3) is 4.00. The lowest BCUT2D eigenvalue weighted by Gasteiger charge is -2.32. The lowest BCUT2D eigenvalue weighted by atomic mass is 9.89. The van der Waals surface area contributed by atoms with Gasteiger partial charge >= 0.3 is 5.69 Å².